The van der Waals surface area contributed by atoms with Gasteiger partial charge in [0.15, 0.2) is 0 Å². The lowest BCUT2D eigenvalue weighted by molar-refractivity contribution is 0.0860. The van der Waals surface area contributed by atoms with Gasteiger partial charge < -0.3 is 10.2 Å². The maximum atomic E-state index is 9.01. The number of aliphatic hydroxyl groups is 2. The molecule has 0 spiro atoms. The molecule has 0 radical (unpaired) electrons. The molecule has 0 amide bonds. The van der Waals surface area contributed by atoms with Gasteiger partial charge in [0.2, 0.25) is 0 Å². The van der Waals surface area contributed by atoms with Crippen molar-refractivity contribution in [2.24, 2.45) is 0 Å². The fourth-order valence-electron chi connectivity index (χ4n) is 2.32. The van der Waals surface area contributed by atoms with Crippen molar-refractivity contribution < 1.29 is 10.2 Å². The minimum Gasteiger partial charge on any atom is -0.394 e. The molecule has 0 heterocycles. The summed E-state index contributed by atoms with van der Waals surface area (Å²) in [6.07, 6.45) is 19.2. The number of aliphatic hydroxyl groups excluding tert-OH is 2. The third-order valence-electron chi connectivity index (χ3n) is 3.86. The van der Waals surface area contributed by atoms with Crippen LogP contribution in [-0.4, -0.2) is 22.9 Å². The summed E-state index contributed by atoms with van der Waals surface area (Å²) in [7, 11) is 0. The van der Waals surface area contributed by atoms with Crippen LogP contribution in [0.2, 0.25) is 0 Å². The Hall–Kier alpha value is -0.340. The summed E-state index contributed by atoms with van der Waals surface area (Å²) >= 11 is 0. The van der Waals surface area contributed by atoms with E-state index in [0.29, 0.717) is 0 Å². The van der Waals surface area contributed by atoms with Crippen molar-refractivity contribution in [1.82, 2.24) is 0 Å². The van der Waals surface area contributed by atoms with Gasteiger partial charge in [-0.15, -0.1) is 6.58 Å². The van der Waals surface area contributed by atoms with Crippen LogP contribution in [0.5, 0.6) is 0 Å². The van der Waals surface area contributed by atoms with Crippen LogP contribution in [0.3, 0.4) is 0 Å². The Balaban J connectivity index is 0. The van der Waals surface area contributed by atoms with E-state index in [1.165, 1.54) is 77.0 Å². The number of unbranched alkanes of at least 4 members (excludes halogenated alkanes) is 11. The lowest BCUT2D eigenvalue weighted by atomic mass is 10.1. The molecule has 2 heteroatoms. The number of hydrogen-bond acceptors (Lipinski definition) is 2. The maximum absolute atomic E-state index is 9.01. The summed E-state index contributed by atoms with van der Waals surface area (Å²) in [6.45, 7) is 8.06. The summed E-state index contributed by atoms with van der Waals surface area (Å²) < 4.78 is 0. The molecule has 0 saturated heterocycles. The quantitative estimate of drug-likeness (QED) is 0.287. The fourth-order valence-corrected chi connectivity index (χ4v) is 2.32. The molecule has 0 rings (SSSR count). The SMILES string of the molecule is C=CCCCCCCCC.CCCCCCCCC(O)CO. The van der Waals surface area contributed by atoms with Crippen molar-refractivity contribution in [1.29, 1.82) is 0 Å². The zero-order valence-corrected chi connectivity index (χ0v) is 15.4. The summed E-state index contributed by atoms with van der Waals surface area (Å²) in [5.41, 5.74) is 0. The monoisotopic (exact) mass is 314 g/mol. The third kappa shape index (κ3) is 24.7. The lowest BCUT2D eigenvalue weighted by Gasteiger charge is -2.05. The van der Waals surface area contributed by atoms with Crippen LogP contribution in [0.1, 0.15) is 104 Å². The first-order valence-electron chi connectivity index (χ1n) is 9.62. The Kier molecular flexibility index (Phi) is 24.9. The molecule has 0 aromatic carbocycles. The molecule has 2 N–H and O–H groups in total. The standard InChI is InChI=1S/C10H22O2.C10H20/c1-2-3-4-5-6-7-8-10(12)9-11;1-3-5-7-9-10-8-6-4-2/h10-12H,2-9H2,1H3;3H,1,4-10H2,2H3. The van der Waals surface area contributed by atoms with Crippen LogP contribution < -0.4 is 0 Å². The van der Waals surface area contributed by atoms with Gasteiger partial charge in [0.05, 0.1) is 12.7 Å². The second-order valence-corrected chi connectivity index (χ2v) is 6.24. The highest BCUT2D eigenvalue weighted by Gasteiger charge is 2.00. The zero-order valence-electron chi connectivity index (χ0n) is 15.4. The fraction of sp³-hybridized carbons (Fsp3) is 0.900. The van der Waals surface area contributed by atoms with Gasteiger partial charge in [-0.25, -0.2) is 0 Å². The van der Waals surface area contributed by atoms with Gasteiger partial charge in [0.25, 0.3) is 0 Å². The maximum Gasteiger partial charge on any atom is 0.0770 e. The highest BCUT2D eigenvalue weighted by Crippen LogP contribution is 2.08. The van der Waals surface area contributed by atoms with Crippen molar-refractivity contribution in [3.63, 3.8) is 0 Å². The molecule has 0 saturated carbocycles. The smallest absolute Gasteiger partial charge is 0.0770 e. The number of hydrogen-bond donors (Lipinski definition) is 2. The van der Waals surface area contributed by atoms with E-state index >= 15 is 0 Å². The van der Waals surface area contributed by atoms with Gasteiger partial charge in [-0.1, -0.05) is 90.6 Å². The Morgan fingerprint density at radius 3 is 1.68 bits per heavy atom. The molecule has 2 nitrogen and oxygen atoms in total. The van der Waals surface area contributed by atoms with Crippen molar-refractivity contribution >= 4 is 0 Å². The topological polar surface area (TPSA) is 40.5 Å². The van der Waals surface area contributed by atoms with Gasteiger partial charge in [0.1, 0.15) is 0 Å². The molecular formula is C20H42O2. The van der Waals surface area contributed by atoms with Gasteiger partial charge in [-0.05, 0) is 19.3 Å². The summed E-state index contributed by atoms with van der Waals surface area (Å²) in [5, 5.41) is 17.5. The van der Waals surface area contributed by atoms with Gasteiger partial charge in [-0.3, -0.25) is 0 Å². The van der Waals surface area contributed by atoms with E-state index in [4.69, 9.17) is 10.2 Å². The molecule has 0 aliphatic rings. The van der Waals surface area contributed by atoms with Gasteiger partial charge in [0, 0.05) is 0 Å². The van der Waals surface area contributed by atoms with E-state index in [9.17, 15) is 0 Å². The first-order chi connectivity index (χ1) is 10.7. The Morgan fingerprint density at radius 1 is 0.773 bits per heavy atom. The average molecular weight is 315 g/mol. The molecule has 22 heavy (non-hydrogen) atoms. The highest BCUT2D eigenvalue weighted by molar-refractivity contribution is 4.65. The predicted octanol–water partition coefficient (Wildman–Crippen LogP) is 6.01. The third-order valence-corrected chi connectivity index (χ3v) is 3.86. The van der Waals surface area contributed by atoms with E-state index in [1.807, 2.05) is 6.08 Å². The normalized spacial score (nSPS) is 11.6. The summed E-state index contributed by atoms with van der Waals surface area (Å²) in [6, 6.07) is 0. The van der Waals surface area contributed by atoms with Crippen LogP contribution in [0.25, 0.3) is 0 Å². The van der Waals surface area contributed by atoms with E-state index < -0.39 is 6.10 Å². The minimum atomic E-state index is -0.490. The van der Waals surface area contributed by atoms with E-state index in [2.05, 4.69) is 20.4 Å². The van der Waals surface area contributed by atoms with E-state index in [0.717, 1.165) is 12.8 Å². The number of rotatable bonds is 15. The van der Waals surface area contributed by atoms with Gasteiger partial charge >= 0.3 is 0 Å². The average Bonchev–Trinajstić information content (AvgIpc) is 2.54. The summed E-state index contributed by atoms with van der Waals surface area (Å²) in [4.78, 5) is 0. The van der Waals surface area contributed by atoms with Crippen LogP contribution in [-0.2, 0) is 0 Å². The first-order valence-corrected chi connectivity index (χ1v) is 9.62. The second-order valence-electron chi connectivity index (χ2n) is 6.24. The van der Waals surface area contributed by atoms with Crippen molar-refractivity contribution in [2.45, 2.75) is 110 Å². The first kappa shape index (κ1) is 23.9. The molecule has 0 aromatic rings. The molecule has 134 valence electrons. The lowest BCUT2D eigenvalue weighted by Crippen LogP contribution is -2.10. The van der Waals surface area contributed by atoms with Crippen molar-refractivity contribution in [3.05, 3.63) is 12.7 Å². The second kappa shape index (κ2) is 22.9. The Bertz CT molecular complexity index is 192. The molecule has 0 bridgehead atoms. The molecule has 0 aliphatic carbocycles. The predicted molar refractivity (Wildman–Crippen MR) is 99.3 cm³/mol. The van der Waals surface area contributed by atoms with Crippen LogP contribution in [0, 0.1) is 0 Å². The zero-order chi connectivity index (χ0) is 16.9. The molecule has 1 unspecified atom stereocenters. The van der Waals surface area contributed by atoms with E-state index in [1.54, 1.807) is 0 Å². The van der Waals surface area contributed by atoms with Crippen LogP contribution >= 0.6 is 0 Å². The molecular weight excluding hydrogens is 272 g/mol. The van der Waals surface area contributed by atoms with E-state index in [-0.39, 0.29) is 6.61 Å². The summed E-state index contributed by atoms with van der Waals surface area (Å²) in [5.74, 6) is 0. The number of allylic oxidation sites excluding steroid dienone is 1. The van der Waals surface area contributed by atoms with Crippen LogP contribution in [0.15, 0.2) is 12.7 Å². The molecule has 0 fully saturated rings. The Labute approximate surface area is 140 Å². The molecule has 1 atom stereocenters. The highest BCUT2D eigenvalue weighted by atomic mass is 16.3. The van der Waals surface area contributed by atoms with Crippen molar-refractivity contribution in [2.75, 3.05) is 6.61 Å². The Morgan fingerprint density at radius 2 is 1.23 bits per heavy atom. The molecule has 0 aromatic heterocycles. The van der Waals surface area contributed by atoms with Crippen molar-refractivity contribution in [3.8, 4) is 0 Å². The minimum absolute atomic E-state index is 0.0883. The molecule has 0 aliphatic heterocycles. The van der Waals surface area contributed by atoms with Crippen LogP contribution in [0.4, 0.5) is 0 Å². The van der Waals surface area contributed by atoms with Gasteiger partial charge in [-0.2, -0.15) is 0 Å². The largest absolute Gasteiger partial charge is 0.394 e.